The SMILES string of the molecule is NC(=O)NC1CCCNC1. The van der Waals surface area contributed by atoms with Crippen molar-refractivity contribution < 1.29 is 4.79 Å². The summed E-state index contributed by atoms with van der Waals surface area (Å²) in [5.74, 6) is 0. The first-order valence-electron chi connectivity index (χ1n) is 3.56. The number of primary amides is 1. The molecule has 0 aromatic heterocycles. The van der Waals surface area contributed by atoms with Gasteiger partial charge in [0.1, 0.15) is 0 Å². The summed E-state index contributed by atoms with van der Waals surface area (Å²) in [6, 6.07) is -0.181. The van der Waals surface area contributed by atoms with Crippen molar-refractivity contribution in [3.8, 4) is 0 Å². The zero-order valence-electron chi connectivity index (χ0n) is 5.89. The Hall–Kier alpha value is -0.770. The number of carbonyl (C=O) groups excluding carboxylic acids is 1. The minimum atomic E-state index is -0.422. The Morgan fingerprint density at radius 2 is 2.50 bits per heavy atom. The maximum absolute atomic E-state index is 10.4. The Morgan fingerprint density at radius 1 is 1.70 bits per heavy atom. The van der Waals surface area contributed by atoms with Crippen LogP contribution in [-0.2, 0) is 0 Å². The molecule has 0 aromatic carbocycles. The highest BCUT2D eigenvalue weighted by Gasteiger charge is 2.12. The summed E-state index contributed by atoms with van der Waals surface area (Å²) < 4.78 is 0. The molecule has 0 saturated carbocycles. The van der Waals surface area contributed by atoms with Crippen molar-refractivity contribution in [1.29, 1.82) is 0 Å². The maximum atomic E-state index is 10.4. The van der Waals surface area contributed by atoms with E-state index in [2.05, 4.69) is 10.6 Å². The predicted molar refractivity (Wildman–Crippen MR) is 38.6 cm³/mol. The largest absolute Gasteiger partial charge is 0.352 e. The predicted octanol–water partition coefficient (Wildman–Crippen LogP) is -0.593. The number of carbonyl (C=O) groups is 1. The van der Waals surface area contributed by atoms with Crippen LogP contribution in [0.4, 0.5) is 4.79 Å². The van der Waals surface area contributed by atoms with Crippen molar-refractivity contribution in [2.45, 2.75) is 18.9 Å². The lowest BCUT2D eigenvalue weighted by Gasteiger charge is -2.22. The second kappa shape index (κ2) is 3.41. The molecule has 0 radical (unpaired) electrons. The van der Waals surface area contributed by atoms with Crippen molar-refractivity contribution in [3.63, 3.8) is 0 Å². The van der Waals surface area contributed by atoms with E-state index in [9.17, 15) is 4.79 Å². The van der Waals surface area contributed by atoms with Crippen LogP contribution in [0.3, 0.4) is 0 Å². The van der Waals surface area contributed by atoms with E-state index < -0.39 is 6.03 Å². The van der Waals surface area contributed by atoms with E-state index in [1.807, 2.05) is 0 Å². The maximum Gasteiger partial charge on any atom is 0.312 e. The molecular formula is C6H13N3O. The van der Waals surface area contributed by atoms with E-state index in [4.69, 9.17) is 5.73 Å². The third kappa shape index (κ3) is 2.23. The highest BCUT2D eigenvalue weighted by atomic mass is 16.2. The Balaban J connectivity index is 2.19. The van der Waals surface area contributed by atoms with Gasteiger partial charge < -0.3 is 16.4 Å². The lowest BCUT2D eigenvalue weighted by molar-refractivity contribution is 0.242. The average molecular weight is 143 g/mol. The molecule has 1 fully saturated rings. The third-order valence-corrected chi connectivity index (χ3v) is 1.64. The van der Waals surface area contributed by atoms with Crippen LogP contribution in [0.25, 0.3) is 0 Å². The number of urea groups is 1. The van der Waals surface area contributed by atoms with Gasteiger partial charge in [-0.3, -0.25) is 0 Å². The van der Waals surface area contributed by atoms with Crippen molar-refractivity contribution in [3.05, 3.63) is 0 Å². The summed E-state index contributed by atoms with van der Waals surface area (Å²) in [5, 5.41) is 5.83. The van der Waals surface area contributed by atoms with Gasteiger partial charge in [-0.25, -0.2) is 4.79 Å². The minimum absolute atomic E-state index is 0.242. The summed E-state index contributed by atoms with van der Waals surface area (Å²) in [5.41, 5.74) is 4.95. The Morgan fingerprint density at radius 3 is 3.00 bits per heavy atom. The highest BCUT2D eigenvalue weighted by molar-refractivity contribution is 5.71. The van der Waals surface area contributed by atoms with Crippen LogP contribution in [0.2, 0.25) is 0 Å². The quantitative estimate of drug-likeness (QED) is 0.459. The number of hydrogen-bond acceptors (Lipinski definition) is 2. The van der Waals surface area contributed by atoms with Crippen molar-refractivity contribution in [1.82, 2.24) is 10.6 Å². The Labute approximate surface area is 60.2 Å². The van der Waals surface area contributed by atoms with E-state index in [1.165, 1.54) is 0 Å². The first-order chi connectivity index (χ1) is 4.79. The molecular weight excluding hydrogens is 130 g/mol. The van der Waals surface area contributed by atoms with Crippen LogP contribution in [0, 0.1) is 0 Å². The standard InChI is InChI=1S/C6H13N3O/c7-6(10)9-5-2-1-3-8-4-5/h5,8H,1-4H2,(H3,7,9,10). The van der Waals surface area contributed by atoms with Gasteiger partial charge in [0, 0.05) is 12.6 Å². The van der Waals surface area contributed by atoms with Gasteiger partial charge in [-0.05, 0) is 19.4 Å². The fourth-order valence-electron chi connectivity index (χ4n) is 1.18. The Kier molecular flexibility index (Phi) is 2.50. The molecule has 4 nitrogen and oxygen atoms in total. The van der Waals surface area contributed by atoms with Crippen molar-refractivity contribution in [2.24, 2.45) is 5.73 Å². The minimum Gasteiger partial charge on any atom is -0.352 e. The number of rotatable bonds is 1. The molecule has 0 bridgehead atoms. The summed E-state index contributed by atoms with van der Waals surface area (Å²) in [7, 11) is 0. The van der Waals surface area contributed by atoms with Crippen LogP contribution in [-0.4, -0.2) is 25.2 Å². The molecule has 0 aliphatic carbocycles. The molecule has 0 aromatic rings. The zero-order chi connectivity index (χ0) is 7.40. The zero-order valence-corrected chi connectivity index (χ0v) is 5.89. The second-order valence-electron chi connectivity index (χ2n) is 2.55. The average Bonchev–Trinajstić information content (AvgIpc) is 1.88. The summed E-state index contributed by atoms with van der Waals surface area (Å²) in [6.07, 6.45) is 2.15. The van der Waals surface area contributed by atoms with Gasteiger partial charge in [0.2, 0.25) is 0 Å². The first-order valence-corrected chi connectivity index (χ1v) is 3.56. The first kappa shape index (κ1) is 7.34. The summed E-state index contributed by atoms with van der Waals surface area (Å²) in [4.78, 5) is 10.4. The molecule has 1 unspecified atom stereocenters. The molecule has 4 N–H and O–H groups in total. The smallest absolute Gasteiger partial charge is 0.312 e. The summed E-state index contributed by atoms with van der Waals surface area (Å²) in [6.45, 7) is 1.90. The molecule has 1 aliphatic rings. The highest BCUT2D eigenvalue weighted by Crippen LogP contribution is 1.99. The number of piperidine rings is 1. The molecule has 1 saturated heterocycles. The van der Waals surface area contributed by atoms with Gasteiger partial charge >= 0.3 is 6.03 Å². The van der Waals surface area contributed by atoms with E-state index in [1.54, 1.807) is 0 Å². The van der Waals surface area contributed by atoms with E-state index in [-0.39, 0.29) is 6.04 Å². The molecule has 2 amide bonds. The monoisotopic (exact) mass is 143 g/mol. The lowest BCUT2D eigenvalue weighted by atomic mass is 10.1. The molecule has 4 heteroatoms. The van der Waals surface area contributed by atoms with Crippen LogP contribution in [0.5, 0.6) is 0 Å². The van der Waals surface area contributed by atoms with Crippen LogP contribution in [0.15, 0.2) is 0 Å². The van der Waals surface area contributed by atoms with E-state index in [0.717, 1.165) is 25.9 Å². The fraction of sp³-hybridized carbons (Fsp3) is 0.833. The summed E-state index contributed by atoms with van der Waals surface area (Å²) >= 11 is 0. The Bertz CT molecular complexity index is 120. The molecule has 1 rings (SSSR count). The molecule has 1 aliphatic heterocycles. The van der Waals surface area contributed by atoms with E-state index >= 15 is 0 Å². The van der Waals surface area contributed by atoms with E-state index in [0.29, 0.717) is 0 Å². The van der Waals surface area contributed by atoms with Crippen LogP contribution >= 0.6 is 0 Å². The molecule has 0 spiro atoms. The topological polar surface area (TPSA) is 67.2 Å². The number of amides is 2. The van der Waals surface area contributed by atoms with Gasteiger partial charge in [-0.15, -0.1) is 0 Å². The molecule has 1 heterocycles. The van der Waals surface area contributed by atoms with Gasteiger partial charge in [-0.2, -0.15) is 0 Å². The molecule has 1 atom stereocenters. The van der Waals surface area contributed by atoms with Crippen LogP contribution < -0.4 is 16.4 Å². The van der Waals surface area contributed by atoms with Crippen molar-refractivity contribution >= 4 is 6.03 Å². The normalized spacial score (nSPS) is 25.8. The third-order valence-electron chi connectivity index (χ3n) is 1.64. The van der Waals surface area contributed by atoms with Gasteiger partial charge in [0.25, 0.3) is 0 Å². The second-order valence-corrected chi connectivity index (χ2v) is 2.55. The number of nitrogens with two attached hydrogens (primary N) is 1. The fourth-order valence-corrected chi connectivity index (χ4v) is 1.18. The number of hydrogen-bond donors (Lipinski definition) is 3. The number of nitrogens with one attached hydrogen (secondary N) is 2. The molecule has 58 valence electrons. The molecule has 10 heavy (non-hydrogen) atoms. The van der Waals surface area contributed by atoms with Gasteiger partial charge in [-0.1, -0.05) is 0 Å². The van der Waals surface area contributed by atoms with Gasteiger partial charge in [0.15, 0.2) is 0 Å². The lowest BCUT2D eigenvalue weighted by Crippen LogP contribution is -2.47. The van der Waals surface area contributed by atoms with Crippen LogP contribution in [0.1, 0.15) is 12.8 Å². The van der Waals surface area contributed by atoms with Crippen molar-refractivity contribution in [2.75, 3.05) is 13.1 Å². The van der Waals surface area contributed by atoms with Gasteiger partial charge in [0.05, 0.1) is 0 Å².